The number of phenols is 1. The fraction of sp³-hybridized carbons (Fsp3) is 0.133. The summed E-state index contributed by atoms with van der Waals surface area (Å²) >= 11 is 2.21. The summed E-state index contributed by atoms with van der Waals surface area (Å²) in [5, 5.41) is 12.0. The first-order chi connectivity index (χ1) is 9.15. The van der Waals surface area contributed by atoms with E-state index >= 15 is 0 Å². The summed E-state index contributed by atoms with van der Waals surface area (Å²) in [6, 6.07) is 14.5. The third-order valence-electron chi connectivity index (χ3n) is 2.74. The highest BCUT2D eigenvalue weighted by molar-refractivity contribution is 14.1. The summed E-state index contributed by atoms with van der Waals surface area (Å²) in [7, 11) is 0. The second kappa shape index (κ2) is 6.56. The smallest absolute Gasteiger partial charge is 0.251 e. The number of carbonyl (C=O) groups is 1. The van der Waals surface area contributed by atoms with Crippen molar-refractivity contribution in [2.24, 2.45) is 0 Å². The Morgan fingerprint density at radius 3 is 2.32 bits per heavy atom. The Balaban J connectivity index is 1.84. The first-order valence-electron chi connectivity index (χ1n) is 5.97. The average molecular weight is 367 g/mol. The summed E-state index contributed by atoms with van der Waals surface area (Å²) in [5.74, 6) is 0.196. The Labute approximate surface area is 125 Å². The molecule has 0 aliphatic rings. The number of rotatable bonds is 4. The van der Waals surface area contributed by atoms with Gasteiger partial charge in [0.05, 0.1) is 0 Å². The van der Waals surface area contributed by atoms with Crippen LogP contribution in [-0.4, -0.2) is 17.6 Å². The van der Waals surface area contributed by atoms with Crippen LogP contribution < -0.4 is 5.32 Å². The molecule has 0 saturated heterocycles. The van der Waals surface area contributed by atoms with E-state index in [1.807, 2.05) is 36.4 Å². The lowest BCUT2D eigenvalue weighted by Gasteiger charge is -2.05. The summed E-state index contributed by atoms with van der Waals surface area (Å²) in [6.45, 7) is 0.579. The van der Waals surface area contributed by atoms with E-state index in [1.165, 1.54) is 0 Å². The van der Waals surface area contributed by atoms with Crippen LogP contribution in [0.15, 0.2) is 48.5 Å². The van der Waals surface area contributed by atoms with Crippen molar-refractivity contribution in [3.63, 3.8) is 0 Å². The molecular formula is C15H14INO2. The van der Waals surface area contributed by atoms with Crippen LogP contribution >= 0.6 is 22.6 Å². The minimum absolute atomic E-state index is 0.0600. The van der Waals surface area contributed by atoms with Crippen LogP contribution in [0.3, 0.4) is 0 Å². The zero-order valence-corrected chi connectivity index (χ0v) is 12.4. The molecule has 4 heteroatoms. The van der Waals surface area contributed by atoms with Gasteiger partial charge in [0.2, 0.25) is 0 Å². The van der Waals surface area contributed by atoms with Crippen LogP contribution in [0, 0.1) is 3.57 Å². The molecule has 0 unspecified atom stereocenters. The maximum Gasteiger partial charge on any atom is 0.251 e. The van der Waals surface area contributed by atoms with Crippen LogP contribution in [-0.2, 0) is 6.42 Å². The van der Waals surface area contributed by atoms with Gasteiger partial charge in [-0.2, -0.15) is 0 Å². The van der Waals surface area contributed by atoms with Gasteiger partial charge < -0.3 is 10.4 Å². The van der Waals surface area contributed by atoms with E-state index in [2.05, 4.69) is 27.9 Å². The molecule has 0 heterocycles. The highest BCUT2D eigenvalue weighted by Crippen LogP contribution is 2.10. The maximum atomic E-state index is 11.8. The van der Waals surface area contributed by atoms with E-state index in [9.17, 15) is 9.90 Å². The molecule has 0 spiro atoms. The van der Waals surface area contributed by atoms with Crippen molar-refractivity contribution in [3.8, 4) is 5.75 Å². The molecule has 2 aromatic rings. The lowest BCUT2D eigenvalue weighted by Crippen LogP contribution is -2.25. The van der Waals surface area contributed by atoms with Gasteiger partial charge in [-0.05, 0) is 71.0 Å². The molecule has 0 radical (unpaired) electrons. The Morgan fingerprint density at radius 2 is 1.68 bits per heavy atom. The summed E-state index contributed by atoms with van der Waals surface area (Å²) in [4.78, 5) is 11.8. The second-order valence-corrected chi connectivity index (χ2v) is 5.42. The molecule has 0 saturated carbocycles. The van der Waals surface area contributed by atoms with Gasteiger partial charge in [0.1, 0.15) is 5.75 Å². The third kappa shape index (κ3) is 4.24. The highest BCUT2D eigenvalue weighted by Gasteiger charge is 2.04. The topological polar surface area (TPSA) is 49.3 Å². The van der Waals surface area contributed by atoms with E-state index in [-0.39, 0.29) is 11.7 Å². The van der Waals surface area contributed by atoms with Gasteiger partial charge in [-0.1, -0.05) is 12.1 Å². The van der Waals surface area contributed by atoms with E-state index in [1.54, 1.807) is 12.1 Å². The van der Waals surface area contributed by atoms with Gasteiger partial charge in [0, 0.05) is 15.7 Å². The molecule has 19 heavy (non-hydrogen) atoms. The van der Waals surface area contributed by atoms with Gasteiger partial charge in [-0.3, -0.25) is 4.79 Å². The zero-order valence-electron chi connectivity index (χ0n) is 10.3. The monoisotopic (exact) mass is 367 g/mol. The number of carbonyl (C=O) groups excluding carboxylic acids is 1. The van der Waals surface area contributed by atoms with Crippen LogP contribution in [0.4, 0.5) is 0 Å². The molecule has 2 rings (SSSR count). The lowest BCUT2D eigenvalue weighted by molar-refractivity contribution is 0.0954. The van der Waals surface area contributed by atoms with Crippen LogP contribution in [0.2, 0.25) is 0 Å². The molecule has 98 valence electrons. The highest BCUT2D eigenvalue weighted by atomic mass is 127. The number of halogens is 1. The molecule has 0 fully saturated rings. The van der Waals surface area contributed by atoms with Gasteiger partial charge in [0.25, 0.3) is 5.91 Å². The van der Waals surface area contributed by atoms with Gasteiger partial charge >= 0.3 is 0 Å². The van der Waals surface area contributed by atoms with Gasteiger partial charge in [-0.25, -0.2) is 0 Å². The quantitative estimate of drug-likeness (QED) is 0.817. The van der Waals surface area contributed by atoms with E-state index in [0.29, 0.717) is 12.1 Å². The first-order valence-corrected chi connectivity index (χ1v) is 7.05. The van der Waals surface area contributed by atoms with Crippen molar-refractivity contribution >= 4 is 28.5 Å². The SMILES string of the molecule is O=C(NCCc1ccc(O)cc1)c1ccc(I)cc1. The predicted octanol–water partition coefficient (Wildman–Crippen LogP) is 2.97. The van der Waals surface area contributed by atoms with Crippen molar-refractivity contribution < 1.29 is 9.90 Å². The lowest BCUT2D eigenvalue weighted by atomic mass is 10.1. The van der Waals surface area contributed by atoms with Crippen molar-refractivity contribution in [1.82, 2.24) is 5.32 Å². The number of hydrogen-bond acceptors (Lipinski definition) is 2. The van der Waals surface area contributed by atoms with E-state index in [4.69, 9.17) is 0 Å². The molecular weight excluding hydrogens is 353 g/mol. The number of phenolic OH excluding ortho intramolecular Hbond substituents is 1. The minimum Gasteiger partial charge on any atom is -0.508 e. The van der Waals surface area contributed by atoms with Gasteiger partial charge in [-0.15, -0.1) is 0 Å². The largest absolute Gasteiger partial charge is 0.508 e. The summed E-state index contributed by atoms with van der Waals surface area (Å²) < 4.78 is 1.11. The maximum absolute atomic E-state index is 11.8. The first kappa shape index (κ1) is 13.9. The standard InChI is InChI=1S/C15H14INO2/c16-13-5-3-12(4-6-13)15(19)17-10-9-11-1-7-14(18)8-2-11/h1-8,18H,9-10H2,(H,17,19). The van der Waals surface area contributed by atoms with Crippen molar-refractivity contribution in [2.75, 3.05) is 6.54 Å². The van der Waals surface area contributed by atoms with Crippen LogP contribution in [0.5, 0.6) is 5.75 Å². The second-order valence-electron chi connectivity index (χ2n) is 4.18. The molecule has 0 aromatic heterocycles. The number of amides is 1. The summed E-state index contributed by atoms with van der Waals surface area (Å²) in [6.07, 6.45) is 0.746. The van der Waals surface area contributed by atoms with E-state index < -0.39 is 0 Å². The van der Waals surface area contributed by atoms with E-state index in [0.717, 1.165) is 15.6 Å². The molecule has 0 aliphatic carbocycles. The Bertz CT molecular complexity index is 549. The Hall–Kier alpha value is -1.56. The van der Waals surface area contributed by atoms with Crippen molar-refractivity contribution in [3.05, 3.63) is 63.2 Å². The fourth-order valence-corrected chi connectivity index (χ4v) is 2.05. The Kier molecular flexibility index (Phi) is 4.79. The predicted molar refractivity (Wildman–Crippen MR) is 83.3 cm³/mol. The number of benzene rings is 2. The van der Waals surface area contributed by atoms with Gasteiger partial charge in [0.15, 0.2) is 0 Å². The fourth-order valence-electron chi connectivity index (χ4n) is 1.69. The average Bonchev–Trinajstić information content (AvgIpc) is 2.41. The summed E-state index contributed by atoms with van der Waals surface area (Å²) in [5.41, 5.74) is 1.76. The number of hydrogen-bond donors (Lipinski definition) is 2. The molecule has 0 atom stereocenters. The normalized spacial score (nSPS) is 10.2. The number of nitrogens with one attached hydrogen (secondary N) is 1. The van der Waals surface area contributed by atoms with Crippen LogP contribution in [0.25, 0.3) is 0 Å². The molecule has 2 N–H and O–H groups in total. The minimum atomic E-state index is -0.0600. The number of aromatic hydroxyl groups is 1. The molecule has 0 bridgehead atoms. The molecule has 2 aromatic carbocycles. The van der Waals surface area contributed by atoms with Crippen molar-refractivity contribution in [2.45, 2.75) is 6.42 Å². The van der Waals surface area contributed by atoms with Crippen molar-refractivity contribution in [1.29, 1.82) is 0 Å². The molecule has 3 nitrogen and oxygen atoms in total. The molecule has 0 aliphatic heterocycles. The molecule has 1 amide bonds. The Morgan fingerprint density at radius 1 is 1.05 bits per heavy atom. The third-order valence-corrected chi connectivity index (χ3v) is 3.46. The zero-order chi connectivity index (χ0) is 13.7. The van der Waals surface area contributed by atoms with Crippen LogP contribution in [0.1, 0.15) is 15.9 Å².